The summed E-state index contributed by atoms with van der Waals surface area (Å²) in [7, 11) is 3.21. The molecule has 2 aromatic rings. The van der Waals surface area contributed by atoms with Crippen molar-refractivity contribution in [2.45, 2.75) is 13.3 Å². The first kappa shape index (κ1) is 21.7. The van der Waals surface area contributed by atoms with Crippen LogP contribution in [0.4, 0.5) is 0 Å². The molecule has 30 heavy (non-hydrogen) atoms. The van der Waals surface area contributed by atoms with Crippen LogP contribution in [0.15, 0.2) is 34.7 Å². The second kappa shape index (κ2) is 10.2. The SMILES string of the molecule is COc1ccc(CCNC(=O)CN2CCN(C(=O)c3ccc(C)o3)CC2)cc1OC. The number of carbonyl (C=O) groups is 2. The van der Waals surface area contributed by atoms with E-state index in [4.69, 9.17) is 13.9 Å². The second-order valence-electron chi connectivity index (χ2n) is 7.27. The first-order valence-electron chi connectivity index (χ1n) is 10.1. The van der Waals surface area contributed by atoms with Crippen molar-refractivity contribution in [2.75, 3.05) is 53.5 Å². The Morgan fingerprint density at radius 2 is 1.77 bits per heavy atom. The number of ether oxygens (including phenoxy) is 2. The summed E-state index contributed by atoms with van der Waals surface area (Å²) in [6.07, 6.45) is 0.705. The van der Waals surface area contributed by atoms with Crippen LogP contribution < -0.4 is 14.8 Å². The minimum absolute atomic E-state index is 0.0167. The predicted molar refractivity (Wildman–Crippen MR) is 112 cm³/mol. The molecular weight excluding hydrogens is 386 g/mol. The van der Waals surface area contributed by atoms with Crippen molar-refractivity contribution in [3.63, 3.8) is 0 Å². The number of benzene rings is 1. The highest BCUT2D eigenvalue weighted by molar-refractivity contribution is 5.91. The number of hydrogen-bond acceptors (Lipinski definition) is 6. The molecule has 1 aromatic heterocycles. The van der Waals surface area contributed by atoms with Gasteiger partial charge in [-0.2, -0.15) is 0 Å². The zero-order chi connectivity index (χ0) is 21.5. The van der Waals surface area contributed by atoms with Crippen molar-refractivity contribution in [3.05, 3.63) is 47.4 Å². The van der Waals surface area contributed by atoms with Gasteiger partial charge >= 0.3 is 0 Å². The van der Waals surface area contributed by atoms with Gasteiger partial charge < -0.3 is 24.1 Å². The van der Waals surface area contributed by atoms with Crippen molar-refractivity contribution in [1.29, 1.82) is 0 Å². The molecule has 2 amide bonds. The quantitative estimate of drug-likeness (QED) is 0.707. The summed E-state index contributed by atoms with van der Waals surface area (Å²) >= 11 is 0. The fourth-order valence-corrected chi connectivity index (χ4v) is 3.46. The van der Waals surface area contributed by atoms with E-state index in [0.717, 1.165) is 11.3 Å². The summed E-state index contributed by atoms with van der Waals surface area (Å²) in [5.74, 6) is 2.35. The lowest BCUT2D eigenvalue weighted by molar-refractivity contribution is -0.122. The molecule has 0 saturated carbocycles. The monoisotopic (exact) mass is 415 g/mol. The highest BCUT2D eigenvalue weighted by atomic mass is 16.5. The van der Waals surface area contributed by atoms with Gasteiger partial charge in [0, 0.05) is 32.7 Å². The van der Waals surface area contributed by atoms with Crippen molar-refractivity contribution >= 4 is 11.8 Å². The van der Waals surface area contributed by atoms with Gasteiger partial charge in [-0.15, -0.1) is 0 Å². The fourth-order valence-electron chi connectivity index (χ4n) is 3.46. The number of methoxy groups -OCH3 is 2. The van der Waals surface area contributed by atoms with Crippen LogP contribution in [-0.4, -0.2) is 75.1 Å². The summed E-state index contributed by atoms with van der Waals surface area (Å²) in [6, 6.07) is 9.23. The molecule has 1 aromatic carbocycles. The van der Waals surface area contributed by atoms with E-state index in [1.165, 1.54) is 0 Å². The predicted octanol–water partition coefficient (Wildman–Crippen LogP) is 1.72. The highest BCUT2D eigenvalue weighted by Gasteiger charge is 2.24. The van der Waals surface area contributed by atoms with Gasteiger partial charge in [-0.25, -0.2) is 0 Å². The van der Waals surface area contributed by atoms with Crippen LogP contribution in [0.2, 0.25) is 0 Å². The molecular formula is C22H29N3O5. The van der Waals surface area contributed by atoms with Crippen molar-refractivity contribution in [1.82, 2.24) is 15.1 Å². The number of piperazine rings is 1. The van der Waals surface area contributed by atoms with E-state index in [2.05, 4.69) is 10.2 Å². The maximum atomic E-state index is 12.4. The lowest BCUT2D eigenvalue weighted by atomic mass is 10.1. The Labute approximate surface area is 176 Å². The molecule has 0 aliphatic carbocycles. The molecule has 162 valence electrons. The summed E-state index contributed by atoms with van der Waals surface area (Å²) < 4.78 is 16.0. The number of carbonyl (C=O) groups excluding carboxylic acids is 2. The van der Waals surface area contributed by atoms with Crippen LogP contribution in [0.25, 0.3) is 0 Å². The van der Waals surface area contributed by atoms with Gasteiger partial charge in [-0.3, -0.25) is 14.5 Å². The Hall–Kier alpha value is -3.00. The Morgan fingerprint density at radius 1 is 1.03 bits per heavy atom. The van der Waals surface area contributed by atoms with Gasteiger partial charge in [0.05, 0.1) is 20.8 Å². The Morgan fingerprint density at radius 3 is 2.40 bits per heavy atom. The molecule has 0 radical (unpaired) electrons. The highest BCUT2D eigenvalue weighted by Crippen LogP contribution is 2.27. The summed E-state index contributed by atoms with van der Waals surface area (Å²) in [5.41, 5.74) is 1.06. The van der Waals surface area contributed by atoms with Crippen LogP contribution in [0.5, 0.6) is 11.5 Å². The minimum atomic E-state index is -0.0953. The van der Waals surface area contributed by atoms with Crippen LogP contribution in [0.1, 0.15) is 21.9 Å². The van der Waals surface area contributed by atoms with Gasteiger partial charge in [0.25, 0.3) is 5.91 Å². The smallest absolute Gasteiger partial charge is 0.289 e. The molecule has 2 heterocycles. The van der Waals surface area contributed by atoms with Gasteiger partial charge in [-0.1, -0.05) is 6.07 Å². The number of amides is 2. The molecule has 0 unspecified atom stereocenters. The molecule has 1 aliphatic rings. The molecule has 0 bridgehead atoms. The van der Waals surface area contributed by atoms with Crippen molar-refractivity contribution < 1.29 is 23.5 Å². The summed E-state index contributed by atoms with van der Waals surface area (Å²) in [6.45, 7) is 5.18. The average molecular weight is 415 g/mol. The van der Waals surface area contributed by atoms with E-state index in [0.29, 0.717) is 62.9 Å². The molecule has 0 atom stereocenters. The zero-order valence-corrected chi connectivity index (χ0v) is 17.8. The lowest BCUT2D eigenvalue weighted by Crippen LogP contribution is -2.51. The Balaban J connectivity index is 1.38. The molecule has 0 spiro atoms. The number of nitrogens with zero attached hydrogens (tertiary/aromatic N) is 2. The first-order chi connectivity index (χ1) is 14.5. The van der Waals surface area contributed by atoms with E-state index < -0.39 is 0 Å². The maximum absolute atomic E-state index is 12.4. The van der Waals surface area contributed by atoms with Crippen LogP contribution >= 0.6 is 0 Å². The van der Waals surface area contributed by atoms with Gasteiger partial charge in [-0.05, 0) is 43.2 Å². The Bertz CT molecular complexity index is 871. The van der Waals surface area contributed by atoms with E-state index in [1.54, 1.807) is 31.3 Å². The number of hydrogen-bond donors (Lipinski definition) is 1. The molecule has 1 saturated heterocycles. The Kier molecular flexibility index (Phi) is 7.35. The minimum Gasteiger partial charge on any atom is -0.493 e. The second-order valence-corrected chi connectivity index (χ2v) is 7.27. The molecule has 1 fully saturated rings. The topological polar surface area (TPSA) is 84.3 Å². The average Bonchev–Trinajstić information content (AvgIpc) is 3.20. The molecule has 8 heteroatoms. The lowest BCUT2D eigenvalue weighted by Gasteiger charge is -2.33. The summed E-state index contributed by atoms with van der Waals surface area (Å²) in [4.78, 5) is 28.5. The van der Waals surface area contributed by atoms with Crippen molar-refractivity contribution in [2.24, 2.45) is 0 Å². The van der Waals surface area contributed by atoms with E-state index in [9.17, 15) is 9.59 Å². The maximum Gasteiger partial charge on any atom is 0.289 e. The van der Waals surface area contributed by atoms with Crippen LogP contribution in [0.3, 0.4) is 0 Å². The fraction of sp³-hybridized carbons (Fsp3) is 0.455. The molecule has 1 N–H and O–H groups in total. The standard InChI is InChI=1S/C22H29N3O5/c1-16-4-6-19(30-16)22(27)25-12-10-24(11-13-25)15-21(26)23-9-8-17-5-7-18(28-2)20(14-17)29-3/h4-7,14H,8-13,15H2,1-3H3,(H,23,26). The van der Waals surface area contributed by atoms with E-state index >= 15 is 0 Å². The van der Waals surface area contributed by atoms with E-state index in [-0.39, 0.29) is 11.8 Å². The number of rotatable bonds is 8. The molecule has 3 rings (SSSR count). The van der Waals surface area contributed by atoms with Gasteiger partial charge in [0.2, 0.25) is 5.91 Å². The first-order valence-corrected chi connectivity index (χ1v) is 10.1. The van der Waals surface area contributed by atoms with Crippen molar-refractivity contribution in [3.8, 4) is 11.5 Å². The third kappa shape index (κ3) is 5.54. The number of nitrogens with one attached hydrogen (secondary N) is 1. The largest absolute Gasteiger partial charge is 0.493 e. The van der Waals surface area contributed by atoms with Gasteiger partial charge in [0.1, 0.15) is 5.76 Å². The van der Waals surface area contributed by atoms with Crippen LogP contribution in [0, 0.1) is 6.92 Å². The third-order valence-electron chi connectivity index (χ3n) is 5.16. The third-order valence-corrected chi connectivity index (χ3v) is 5.16. The number of aryl methyl sites for hydroxylation is 1. The van der Waals surface area contributed by atoms with E-state index in [1.807, 2.05) is 25.1 Å². The van der Waals surface area contributed by atoms with Crippen LogP contribution in [-0.2, 0) is 11.2 Å². The normalized spacial score (nSPS) is 14.4. The zero-order valence-electron chi connectivity index (χ0n) is 17.8. The molecule has 8 nitrogen and oxygen atoms in total. The molecule has 1 aliphatic heterocycles. The summed E-state index contributed by atoms with van der Waals surface area (Å²) in [5, 5.41) is 2.96. The van der Waals surface area contributed by atoms with Gasteiger partial charge in [0.15, 0.2) is 17.3 Å². The number of furan rings is 1.